The van der Waals surface area contributed by atoms with Crippen LogP contribution < -0.4 is 4.74 Å². The predicted octanol–water partition coefficient (Wildman–Crippen LogP) is 4.49. The quantitative estimate of drug-likeness (QED) is 0.502. The van der Waals surface area contributed by atoms with Crippen molar-refractivity contribution < 1.29 is 19.1 Å². The van der Waals surface area contributed by atoms with Crippen molar-refractivity contribution in [2.24, 2.45) is 0 Å². The first-order valence-corrected chi connectivity index (χ1v) is 9.18. The lowest BCUT2D eigenvalue weighted by molar-refractivity contribution is -0.137. The van der Waals surface area contributed by atoms with E-state index in [0.29, 0.717) is 34.7 Å². The molecule has 0 bridgehead atoms. The Kier molecular flexibility index (Phi) is 4.69. The van der Waals surface area contributed by atoms with Gasteiger partial charge in [0.25, 0.3) is 0 Å². The molecule has 4 rings (SSSR count). The van der Waals surface area contributed by atoms with Crippen molar-refractivity contribution in [3.63, 3.8) is 0 Å². The Labute approximate surface area is 166 Å². The molecule has 2 heterocycles. The van der Waals surface area contributed by atoms with E-state index in [0.717, 1.165) is 22.0 Å². The molecule has 0 fully saturated rings. The summed E-state index contributed by atoms with van der Waals surface area (Å²) in [6, 6.07) is 11.0. The number of aromatic amines is 1. The Balaban J connectivity index is 1.93. The fourth-order valence-corrected chi connectivity index (χ4v) is 3.75. The van der Waals surface area contributed by atoms with Crippen LogP contribution in [-0.2, 0) is 4.79 Å². The molecule has 2 N–H and O–H groups in total. The summed E-state index contributed by atoms with van der Waals surface area (Å²) in [4.78, 5) is 19.1. The Bertz CT molecular complexity index is 1260. The number of fused-ring (bicyclic) bond motifs is 2. The number of nitrogens with one attached hydrogen (secondary N) is 1. The van der Waals surface area contributed by atoms with Crippen molar-refractivity contribution in [2.45, 2.75) is 25.7 Å². The lowest BCUT2D eigenvalue weighted by Crippen LogP contribution is -2.08. The van der Waals surface area contributed by atoms with E-state index in [1.807, 2.05) is 25.3 Å². The van der Waals surface area contributed by atoms with Crippen molar-refractivity contribution in [3.8, 4) is 11.8 Å². The highest BCUT2D eigenvalue weighted by atomic mass is 16.5. The lowest BCUT2D eigenvalue weighted by atomic mass is 9.89. The number of aromatic nitrogens is 2. The molecule has 29 heavy (non-hydrogen) atoms. The summed E-state index contributed by atoms with van der Waals surface area (Å²) in [5.74, 6) is -0.252. The molecule has 146 valence electrons. The number of ether oxygens (including phenoxy) is 1. The highest BCUT2D eigenvalue weighted by molar-refractivity contribution is 5.89. The van der Waals surface area contributed by atoms with Crippen molar-refractivity contribution in [1.82, 2.24) is 9.97 Å². The standard InChI is InChI=1S/C22H19N3O4/c1-12-9-18(28-2)20(14-7-8-24-21(12)14)15(4-6-19(26)27)22-25-16-10-13(11-23)3-5-17(16)29-22/h3,5,7-10,15,24H,4,6H2,1-2H3,(H,26,27). The Hall–Kier alpha value is -3.79. The fourth-order valence-electron chi connectivity index (χ4n) is 3.75. The number of benzene rings is 2. The number of aliphatic carboxylic acids is 1. The van der Waals surface area contributed by atoms with Gasteiger partial charge in [-0.15, -0.1) is 0 Å². The normalized spacial score (nSPS) is 12.2. The van der Waals surface area contributed by atoms with Gasteiger partial charge in [-0.1, -0.05) is 0 Å². The number of oxazole rings is 1. The number of methoxy groups -OCH3 is 1. The fraction of sp³-hybridized carbons (Fsp3) is 0.227. The monoisotopic (exact) mass is 389 g/mol. The number of nitrogens with zero attached hydrogens (tertiary/aromatic N) is 2. The van der Waals surface area contributed by atoms with Crippen molar-refractivity contribution in [3.05, 3.63) is 59.1 Å². The van der Waals surface area contributed by atoms with E-state index >= 15 is 0 Å². The Morgan fingerprint density at radius 3 is 2.93 bits per heavy atom. The molecule has 0 saturated heterocycles. The number of rotatable bonds is 6. The molecular formula is C22H19N3O4. The summed E-state index contributed by atoms with van der Waals surface area (Å²) >= 11 is 0. The number of nitriles is 1. The zero-order valence-corrected chi connectivity index (χ0v) is 16.0. The molecule has 2 aromatic heterocycles. The summed E-state index contributed by atoms with van der Waals surface area (Å²) in [6.07, 6.45) is 2.10. The molecule has 2 aromatic carbocycles. The van der Waals surface area contributed by atoms with Gasteiger partial charge in [0.1, 0.15) is 11.3 Å². The highest BCUT2D eigenvalue weighted by Crippen LogP contribution is 2.41. The smallest absolute Gasteiger partial charge is 0.303 e. The largest absolute Gasteiger partial charge is 0.496 e. The first-order chi connectivity index (χ1) is 14.0. The van der Waals surface area contributed by atoms with Gasteiger partial charge in [-0.25, -0.2) is 4.98 Å². The topological polar surface area (TPSA) is 112 Å². The van der Waals surface area contributed by atoms with E-state index in [-0.39, 0.29) is 6.42 Å². The van der Waals surface area contributed by atoms with Crippen LogP contribution in [0.5, 0.6) is 5.75 Å². The van der Waals surface area contributed by atoms with Crippen LogP contribution in [0, 0.1) is 18.3 Å². The predicted molar refractivity (Wildman–Crippen MR) is 107 cm³/mol. The molecule has 0 spiro atoms. The van der Waals surface area contributed by atoms with Gasteiger partial charge in [-0.2, -0.15) is 5.26 Å². The minimum atomic E-state index is -0.894. The first-order valence-electron chi connectivity index (χ1n) is 9.18. The number of aryl methyl sites for hydroxylation is 1. The molecule has 0 saturated carbocycles. The van der Waals surface area contributed by atoms with Gasteiger partial charge >= 0.3 is 5.97 Å². The molecule has 1 unspecified atom stereocenters. The van der Waals surface area contributed by atoms with Crippen LogP contribution in [0.15, 0.2) is 40.9 Å². The van der Waals surface area contributed by atoms with E-state index in [9.17, 15) is 9.90 Å². The minimum absolute atomic E-state index is 0.0458. The number of H-pyrrole nitrogens is 1. The van der Waals surface area contributed by atoms with Crippen LogP contribution in [0.25, 0.3) is 22.0 Å². The van der Waals surface area contributed by atoms with Gasteiger partial charge in [0.2, 0.25) is 5.89 Å². The van der Waals surface area contributed by atoms with Gasteiger partial charge in [0.05, 0.1) is 24.7 Å². The number of carboxylic acid groups (broad SMARTS) is 1. The molecule has 1 atom stereocenters. The van der Waals surface area contributed by atoms with Crippen molar-refractivity contribution in [2.75, 3.05) is 7.11 Å². The van der Waals surface area contributed by atoms with Gasteiger partial charge in [0.15, 0.2) is 5.58 Å². The Morgan fingerprint density at radius 2 is 2.21 bits per heavy atom. The van der Waals surface area contributed by atoms with Crippen LogP contribution in [0.4, 0.5) is 0 Å². The number of carboxylic acids is 1. The summed E-state index contributed by atoms with van der Waals surface area (Å²) in [7, 11) is 1.59. The number of hydrogen-bond acceptors (Lipinski definition) is 5. The summed E-state index contributed by atoms with van der Waals surface area (Å²) in [5, 5.41) is 19.4. The van der Waals surface area contributed by atoms with Crippen LogP contribution in [0.3, 0.4) is 0 Å². The molecule has 0 amide bonds. The molecule has 7 nitrogen and oxygen atoms in total. The molecular weight excluding hydrogens is 370 g/mol. The third-order valence-corrected chi connectivity index (χ3v) is 5.09. The van der Waals surface area contributed by atoms with Gasteiger partial charge in [-0.3, -0.25) is 4.79 Å². The third kappa shape index (κ3) is 3.29. The third-order valence-electron chi connectivity index (χ3n) is 5.09. The van der Waals surface area contributed by atoms with E-state index in [1.165, 1.54) is 0 Å². The average Bonchev–Trinajstić information content (AvgIpc) is 3.35. The highest BCUT2D eigenvalue weighted by Gasteiger charge is 2.27. The van der Waals surface area contributed by atoms with Gasteiger partial charge in [0, 0.05) is 29.1 Å². The van der Waals surface area contributed by atoms with Gasteiger partial charge in [-0.05, 0) is 49.2 Å². The first kappa shape index (κ1) is 18.6. The zero-order chi connectivity index (χ0) is 20.5. The maximum Gasteiger partial charge on any atom is 0.303 e. The summed E-state index contributed by atoms with van der Waals surface area (Å²) in [6.45, 7) is 1.99. The molecule has 0 aliphatic heterocycles. The van der Waals surface area contributed by atoms with E-state index in [2.05, 4.69) is 16.0 Å². The van der Waals surface area contributed by atoms with E-state index in [1.54, 1.807) is 25.3 Å². The maximum atomic E-state index is 11.3. The molecule has 0 aliphatic carbocycles. The average molecular weight is 389 g/mol. The second-order valence-corrected chi connectivity index (χ2v) is 6.91. The van der Waals surface area contributed by atoms with E-state index in [4.69, 9.17) is 14.4 Å². The van der Waals surface area contributed by atoms with Crippen molar-refractivity contribution in [1.29, 1.82) is 5.26 Å². The molecule has 7 heteroatoms. The molecule has 4 aromatic rings. The summed E-state index contributed by atoms with van der Waals surface area (Å²) in [5.41, 5.74) is 4.43. The van der Waals surface area contributed by atoms with Gasteiger partial charge < -0.3 is 19.2 Å². The van der Waals surface area contributed by atoms with Crippen molar-refractivity contribution >= 4 is 28.0 Å². The Morgan fingerprint density at radius 1 is 1.38 bits per heavy atom. The minimum Gasteiger partial charge on any atom is -0.496 e. The lowest BCUT2D eigenvalue weighted by Gasteiger charge is -2.19. The second-order valence-electron chi connectivity index (χ2n) is 6.91. The maximum absolute atomic E-state index is 11.3. The number of carbonyl (C=O) groups is 1. The zero-order valence-electron chi connectivity index (χ0n) is 16.0. The van der Waals surface area contributed by atoms with Crippen LogP contribution in [-0.4, -0.2) is 28.2 Å². The van der Waals surface area contributed by atoms with Crippen LogP contribution >= 0.6 is 0 Å². The van der Waals surface area contributed by atoms with Crippen LogP contribution in [0.2, 0.25) is 0 Å². The SMILES string of the molecule is COc1cc(C)c2[nH]ccc2c1C(CCC(=O)O)c1nc2cc(C#N)ccc2o1. The number of hydrogen-bond donors (Lipinski definition) is 2. The van der Waals surface area contributed by atoms with Crippen LogP contribution in [0.1, 0.15) is 41.3 Å². The van der Waals surface area contributed by atoms with E-state index < -0.39 is 11.9 Å². The molecule has 0 radical (unpaired) electrons. The second kappa shape index (κ2) is 7.32. The summed E-state index contributed by atoms with van der Waals surface area (Å²) < 4.78 is 11.6. The molecule has 0 aliphatic rings.